The number of aliphatic hydroxyl groups excluding tert-OH is 1. The third-order valence-electron chi connectivity index (χ3n) is 2.42. The number of aromatic nitrogens is 2. The Kier molecular flexibility index (Phi) is 4.23. The van der Waals surface area contributed by atoms with Crippen molar-refractivity contribution in [3.8, 4) is 0 Å². The topological polar surface area (TPSA) is 95.3 Å². The number of carboxylic acid groups (broad SMARTS) is 1. The third-order valence-corrected chi connectivity index (χ3v) is 4.71. The highest BCUT2D eigenvalue weighted by atomic mass is 32.2. The molecule has 0 radical (unpaired) electrons. The van der Waals surface area contributed by atoms with Crippen molar-refractivity contribution in [1.29, 1.82) is 0 Å². The van der Waals surface area contributed by atoms with Crippen LogP contribution in [0.2, 0.25) is 0 Å². The van der Waals surface area contributed by atoms with Gasteiger partial charge in [0.2, 0.25) is 0 Å². The predicted octanol–water partition coefficient (Wildman–Crippen LogP) is 1.82. The van der Waals surface area contributed by atoms with Gasteiger partial charge in [0.25, 0.3) is 0 Å². The normalized spacial score (nSPS) is 10.9. The number of thioether (sulfide) groups is 1. The van der Waals surface area contributed by atoms with Crippen LogP contribution in [-0.4, -0.2) is 45.6 Å². The van der Waals surface area contributed by atoms with Gasteiger partial charge in [-0.1, -0.05) is 0 Å². The Balaban J connectivity index is 2.70. The molecule has 0 bridgehead atoms. The molecular formula is C11H13N3O3S2. The van der Waals surface area contributed by atoms with E-state index in [1.54, 1.807) is 6.92 Å². The summed E-state index contributed by atoms with van der Waals surface area (Å²) in [6, 6.07) is 0. The van der Waals surface area contributed by atoms with Crippen LogP contribution in [0, 0.1) is 6.92 Å². The lowest BCUT2D eigenvalue weighted by molar-refractivity contribution is 0.0704. The molecule has 102 valence electrons. The molecule has 0 aliphatic carbocycles. The number of hydrogen-bond acceptors (Lipinski definition) is 7. The van der Waals surface area contributed by atoms with Gasteiger partial charge in [0.15, 0.2) is 0 Å². The number of rotatable bonds is 5. The highest BCUT2D eigenvalue weighted by Gasteiger charge is 2.21. The van der Waals surface area contributed by atoms with Gasteiger partial charge in [-0.3, -0.25) is 0 Å². The smallest absolute Gasteiger partial charge is 0.348 e. The van der Waals surface area contributed by atoms with E-state index in [4.69, 9.17) is 5.11 Å². The Morgan fingerprint density at radius 3 is 2.79 bits per heavy atom. The quantitative estimate of drug-likeness (QED) is 0.725. The van der Waals surface area contributed by atoms with Crippen molar-refractivity contribution >= 4 is 45.8 Å². The number of aliphatic hydroxyl groups is 1. The van der Waals surface area contributed by atoms with E-state index in [0.717, 1.165) is 4.21 Å². The van der Waals surface area contributed by atoms with Crippen LogP contribution < -0.4 is 5.32 Å². The second kappa shape index (κ2) is 5.72. The monoisotopic (exact) mass is 299 g/mol. The van der Waals surface area contributed by atoms with E-state index in [9.17, 15) is 9.90 Å². The number of nitrogens with zero attached hydrogens (tertiary/aromatic N) is 2. The molecule has 0 saturated carbocycles. The van der Waals surface area contributed by atoms with Gasteiger partial charge in [0, 0.05) is 6.54 Å². The van der Waals surface area contributed by atoms with Crippen LogP contribution >= 0.6 is 23.1 Å². The molecule has 2 aromatic rings. The Morgan fingerprint density at radius 1 is 1.47 bits per heavy atom. The van der Waals surface area contributed by atoms with Crippen LogP contribution in [0.25, 0.3) is 10.9 Å². The van der Waals surface area contributed by atoms with Crippen molar-refractivity contribution in [3.63, 3.8) is 0 Å². The molecule has 0 amide bonds. The summed E-state index contributed by atoms with van der Waals surface area (Å²) in [5.74, 6) is 0.0899. The first-order chi connectivity index (χ1) is 9.08. The summed E-state index contributed by atoms with van der Waals surface area (Å²) in [4.78, 5) is 20.0. The molecule has 2 rings (SSSR count). The molecule has 0 atom stereocenters. The van der Waals surface area contributed by atoms with Gasteiger partial charge in [-0.05, 0) is 13.2 Å². The number of hydrogen-bond donors (Lipinski definition) is 3. The number of carboxylic acids is 1. The standard InChI is InChI=1S/C11H13N3O3S2/c1-5-13-7-6(9(14-5)12-3-4-15)11(18-2)19-8(7)10(16)17/h15H,3-4H2,1-2H3,(H,16,17)(H,12,13,14). The van der Waals surface area contributed by atoms with E-state index >= 15 is 0 Å². The first kappa shape index (κ1) is 14.0. The van der Waals surface area contributed by atoms with E-state index < -0.39 is 5.97 Å². The van der Waals surface area contributed by atoms with Crippen LogP contribution in [0.1, 0.15) is 15.5 Å². The Hall–Kier alpha value is -1.38. The number of anilines is 1. The van der Waals surface area contributed by atoms with Crippen molar-refractivity contribution in [2.24, 2.45) is 0 Å². The highest BCUT2D eigenvalue weighted by Crippen LogP contribution is 2.39. The second-order valence-electron chi connectivity index (χ2n) is 3.72. The molecule has 2 aromatic heterocycles. The van der Waals surface area contributed by atoms with Crippen molar-refractivity contribution in [1.82, 2.24) is 9.97 Å². The van der Waals surface area contributed by atoms with Gasteiger partial charge in [0.1, 0.15) is 22.0 Å². The highest BCUT2D eigenvalue weighted by molar-refractivity contribution is 8.00. The Bertz CT molecular complexity index is 627. The molecule has 8 heteroatoms. The molecule has 2 heterocycles. The number of aromatic carboxylic acids is 1. The minimum Gasteiger partial charge on any atom is -0.477 e. The predicted molar refractivity (Wildman–Crippen MR) is 76.5 cm³/mol. The molecule has 0 saturated heterocycles. The van der Waals surface area contributed by atoms with Crippen LogP contribution in [0.3, 0.4) is 0 Å². The molecular weight excluding hydrogens is 286 g/mol. The zero-order chi connectivity index (χ0) is 14.0. The number of thiophene rings is 1. The maximum atomic E-state index is 11.3. The van der Waals surface area contributed by atoms with Crippen LogP contribution in [-0.2, 0) is 0 Å². The van der Waals surface area contributed by atoms with Gasteiger partial charge in [-0.25, -0.2) is 14.8 Å². The van der Waals surface area contributed by atoms with Crippen molar-refractivity contribution in [2.45, 2.75) is 11.1 Å². The molecule has 19 heavy (non-hydrogen) atoms. The minimum atomic E-state index is -0.985. The Labute approximate surface area is 117 Å². The minimum absolute atomic E-state index is 0.0188. The fourth-order valence-corrected chi connectivity index (χ4v) is 3.51. The lowest BCUT2D eigenvalue weighted by Crippen LogP contribution is -2.08. The lowest BCUT2D eigenvalue weighted by atomic mass is 10.3. The molecule has 0 fully saturated rings. The van der Waals surface area contributed by atoms with E-state index in [0.29, 0.717) is 29.1 Å². The molecule has 0 unspecified atom stereocenters. The van der Waals surface area contributed by atoms with Crippen LogP contribution in [0.4, 0.5) is 5.82 Å². The summed E-state index contributed by atoms with van der Waals surface area (Å²) in [6.45, 7) is 2.05. The van der Waals surface area contributed by atoms with E-state index in [-0.39, 0.29) is 11.5 Å². The SMILES string of the molecule is CSc1sc(C(=O)O)c2nc(C)nc(NCCO)c12. The Morgan fingerprint density at radius 2 is 2.21 bits per heavy atom. The summed E-state index contributed by atoms with van der Waals surface area (Å²) in [6.07, 6.45) is 1.88. The summed E-state index contributed by atoms with van der Waals surface area (Å²) >= 11 is 2.66. The third kappa shape index (κ3) is 2.65. The van der Waals surface area contributed by atoms with Crippen LogP contribution in [0.5, 0.6) is 0 Å². The van der Waals surface area contributed by atoms with E-state index in [2.05, 4.69) is 15.3 Å². The lowest BCUT2D eigenvalue weighted by Gasteiger charge is -2.07. The average molecular weight is 299 g/mol. The molecule has 0 spiro atoms. The molecule has 0 aliphatic heterocycles. The van der Waals surface area contributed by atoms with E-state index in [1.807, 2.05) is 6.26 Å². The summed E-state index contributed by atoms with van der Waals surface area (Å²) < 4.78 is 0.854. The maximum absolute atomic E-state index is 11.3. The van der Waals surface area contributed by atoms with Crippen molar-refractivity contribution in [3.05, 3.63) is 10.7 Å². The first-order valence-corrected chi connectivity index (χ1v) is 7.55. The number of carbonyl (C=O) groups is 1. The van der Waals surface area contributed by atoms with Crippen LogP contribution in [0.15, 0.2) is 4.21 Å². The van der Waals surface area contributed by atoms with Gasteiger partial charge >= 0.3 is 5.97 Å². The average Bonchev–Trinajstić information content (AvgIpc) is 2.74. The van der Waals surface area contributed by atoms with Gasteiger partial charge in [-0.15, -0.1) is 23.1 Å². The van der Waals surface area contributed by atoms with Gasteiger partial charge < -0.3 is 15.5 Å². The van der Waals surface area contributed by atoms with Crippen molar-refractivity contribution in [2.75, 3.05) is 24.7 Å². The first-order valence-electron chi connectivity index (χ1n) is 5.51. The fourth-order valence-electron chi connectivity index (χ4n) is 1.71. The van der Waals surface area contributed by atoms with E-state index in [1.165, 1.54) is 23.1 Å². The summed E-state index contributed by atoms with van der Waals surface area (Å²) in [5.41, 5.74) is 0.454. The zero-order valence-electron chi connectivity index (χ0n) is 10.4. The second-order valence-corrected chi connectivity index (χ2v) is 5.82. The summed E-state index contributed by atoms with van der Waals surface area (Å²) in [5, 5.41) is 21.8. The molecule has 6 nitrogen and oxygen atoms in total. The number of nitrogens with one attached hydrogen (secondary N) is 1. The largest absolute Gasteiger partial charge is 0.477 e. The van der Waals surface area contributed by atoms with Gasteiger partial charge in [0.05, 0.1) is 16.2 Å². The molecule has 0 aromatic carbocycles. The number of fused-ring (bicyclic) bond motifs is 1. The van der Waals surface area contributed by atoms with Crippen molar-refractivity contribution < 1.29 is 15.0 Å². The maximum Gasteiger partial charge on any atom is 0.348 e. The molecule has 3 N–H and O–H groups in total. The molecule has 0 aliphatic rings. The fraction of sp³-hybridized carbons (Fsp3) is 0.364. The summed E-state index contributed by atoms with van der Waals surface area (Å²) in [7, 11) is 0. The zero-order valence-corrected chi connectivity index (χ0v) is 12.1. The van der Waals surface area contributed by atoms with Gasteiger partial charge in [-0.2, -0.15) is 0 Å². The number of aryl methyl sites for hydroxylation is 1.